The summed E-state index contributed by atoms with van der Waals surface area (Å²) in [7, 11) is 0. The quantitative estimate of drug-likeness (QED) is 0.743. The number of hydrogen-bond acceptors (Lipinski definition) is 3. The number of nitriles is 1. The fraction of sp³-hybridized carbons (Fsp3) is 0.273. The molecule has 5 heteroatoms. The molecule has 1 aromatic carbocycles. The Bertz CT molecular complexity index is 464. The smallest absolute Gasteiger partial charge is 0.387 e. The van der Waals surface area contributed by atoms with Crippen molar-refractivity contribution in [3.63, 3.8) is 0 Å². The number of carbonyl (C=O) groups is 1. The minimum atomic E-state index is -2.99. The van der Waals surface area contributed by atoms with E-state index in [1.807, 2.05) is 0 Å². The molecule has 0 unspecified atom stereocenters. The second-order valence-electron chi connectivity index (χ2n) is 3.21. The lowest BCUT2D eigenvalue weighted by Gasteiger charge is -2.09. The number of nitrogens with zero attached hydrogens (tertiary/aromatic N) is 1. The Kier molecular flexibility index (Phi) is 3.56. The standard InChI is InChI=1S/C11H9F2NO2/c1-6-3-10(16-11(12)13)8(5-14)4-9(6)7(2)15/h3-4,11H,1-2H3. The van der Waals surface area contributed by atoms with Gasteiger partial charge in [0.1, 0.15) is 11.8 Å². The molecule has 1 rings (SSSR count). The predicted molar refractivity (Wildman–Crippen MR) is 52.5 cm³/mol. The van der Waals surface area contributed by atoms with E-state index in [4.69, 9.17) is 5.26 Å². The van der Waals surface area contributed by atoms with Crippen LogP contribution in [0.4, 0.5) is 8.78 Å². The van der Waals surface area contributed by atoms with Gasteiger partial charge in [0, 0.05) is 5.56 Å². The first-order valence-electron chi connectivity index (χ1n) is 4.46. The zero-order chi connectivity index (χ0) is 12.3. The zero-order valence-electron chi connectivity index (χ0n) is 8.75. The van der Waals surface area contributed by atoms with Crippen LogP contribution in [-0.2, 0) is 0 Å². The summed E-state index contributed by atoms with van der Waals surface area (Å²) in [6, 6.07) is 4.24. The molecule has 0 N–H and O–H groups in total. The van der Waals surface area contributed by atoms with E-state index in [1.165, 1.54) is 19.1 Å². The molecule has 0 bridgehead atoms. The average molecular weight is 225 g/mol. The third-order valence-corrected chi connectivity index (χ3v) is 2.04. The van der Waals surface area contributed by atoms with Gasteiger partial charge in [-0.2, -0.15) is 14.0 Å². The van der Waals surface area contributed by atoms with Gasteiger partial charge in [-0.3, -0.25) is 4.79 Å². The SMILES string of the molecule is CC(=O)c1cc(C#N)c(OC(F)F)cc1C. The van der Waals surface area contributed by atoms with Crippen LogP contribution in [0.1, 0.15) is 28.4 Å². The van der Waals surface area contributed by atoms with Crippen LogP contribution in [0.25, 0.3) is 0 Å². The number of rotatable bonds is 3. The summed E-state index contributed by atoms with van der Waals surface area (Å²) in [4.78, 5) is 11.2. The van der Waals surface area contributed by atoms with E-state index in [1.54, 1.807) is 13.0 Å². The third-order valence-electron chi connectivity index (χ3n) is 2.04. The highest BCUT2D eigenvalue weighted by Crippen LogP contribution is 2.24. The number of ketones is 1. The molecule has 0 aliphatic rings. The van der Waals surface area contributed by atoms with Crippen molar-refractivity contribution in [2.24, 2.45) is 0 Å². The molecule has 84 valence electrons. The van der Waals surface area contributed by atoms with Crippen LogP contribution in [0, 0.1) is 18.3 Å². The van der Waals surface area contributed by atoms with Gasteiger partial charge in [-0.05, 0) is 31.5 Å². The molecular formula is C11H9F2NO2. The number of hydrogen-bond donors (Lipinski definition) is 0. The van der Waals surface area contributed by atoms with Crippen molar-refractivity contribution in [2.45, 2.75) is 20.5 Å². The molecule has 3 nitrogen and oxygen atoms in total. The number of Topliss-reactive ketones (excluding diaryl/α,β-unsaturated/α-hetero) is 1. The molecule has 1 aromatic rings. The van der Waals surface area contributed by atoms with Crippen LogP contribution < -0.4 is 4.74 Å². The number of ether oxygens (including phenoxy) is 1. The molecule has 0 aliphatic heterocycles. The van der Waals surface area contributed by atoms with Crippen molar-refractivity contribution < 1.29 is 18.3 Å². The van der Waals surface area contributed by atoms with Crippen LogP contribution in [0.2, 0.25) is 0 Å². The molecular weight excluding hydrogens is 216 g/mol. The lowest BCUT2D eigenvalue weighted by Crippen LogP contribution is -2.06. The minimum Gasteiger partial charge on any atom is -0.433 e. The number of carbonyl (C=O) groups excluding carboxylic acids is 1. The molecule has 16 heavy (non-hydrogen) atoms. The van der Waals surface area contributed by atoms with Crippen molar-refractivity contribution in [3.8, 4) is 11.8 Å². The van der Waals surface area contributed by atoms with E-state index in [0.29, 0.717) is 11.1 Å². The van der Waals surface area contributed by atoms with Gasteiger partial charge in [-0.1, -0.05) is 0 Å². The highest BCUT2D eigenvalue weighted by atomic mass is 19.3. The van der Waals surface area contributed by atoms with Crippen molar-refractivity contribution >= 4 is 5.78 Å². The van der Waals surface area contributed by atoms with Crippen molar-refractivity contribution in [1.29, 1.82) is 5.26 Å². The highest BCUT2D eigenvalue weighted by Gasteiger charge is 2.14. The lowest BCUT2D eigenvalue weighted by molar-refractivity contribution is -0.0500. The Labute approximate surface area is 91.3 Å². The first kappa shape index (κ1) is 12.1. The van der Waals surface area contributed by atoms with Crippen LogP contribution >= 0.6 is 0 Å². The predicted octanol–water partition coefficient (Wildman–Crippen LogP) is 2.67. The van der Waals surface area contributed by atoms with E-state index in [2.05, 4.69) is 4.74 Å². The molecule has 0 heterocycles. The Morgan fingerprint density at radius 2 is 2.12 bits per heavy atom. The van der Waals surface area contributed by atoms with E-state index in [9.17, 15) is 13.6 Å². The number of aryl methyl sites for hydroxylation is 1. The van der Waals surface area contributed by atoms with Gasteiger partial charge >= 0.3 is 6.61 Å². The van der Waals surface area contributed by atoms with Gasteiger partial charge in [0.15, 0.2) is 5.78 Å². The topological polar surface area (TPSA) is 50.1 Å². The number of halogens is 2. The van der Waals surface area contributed by atoms with Gasteiger partial charge in [-0.25, -0.2) is 0 Å². The molecule has 0 saturated heterocycles. The molecule has 0 atom stereocenters. The van der Waals surface area contributed by atoms with Gasteiger partial charge in [-0.15, -0.1) is 0 Å². The van der Waals surface area contributed by atoms with Crippen LogP contribution in [0.5, 0.6) is 5.75 Å². The highest BCUT2D eigenvalue weighted by molar-refractivity contribution is 5.96. The number of alkyl halides is 2. The minimum absolute atomic E-state index is 0.0731. The summed E-state index contributed by atoms with van der Waals surface area (Å²) in [5.74, 6) is -0.433. The van der Waals surface area contributed by atoms with E-state index < -0.39 is 6.61 Å². The molecule has 0 spiro atoms. The third kappa shape index (κ3) is 2.54. The average Bonchev–Trinajstić information content (AvgIpc) is 2.16. The maximum atomic E-state index is 12.0. The van der Waals surface area contributed by atoms with Crippen molar-refractivity contribution in [1.82, 2.24) is 0 Å². The second kappa shape index (κ2) is 4.71. The molecule has 0 aliphatic carbocycles. The van der Waals surface area contributed by atoms with E-state index in [-0.39, 0.29) is 17.1 Å². The maximum Gasteiger partial charge on any atom is 0.387 e. The molecule has 0 radical (unpaired) electrons. The summed E-state index contributed by atoms with van der Waals surface area (Å²) in [5, 5.41) is 8.74. The largest absolute Gasteiger partial charge is 0.433 e. The van der Waals surface area contributed by atoms with Crippen LogP contribution in [-0.4, -0.2) is 12.4 Å². The molecule has 0 fully saturated rings. The lowest BCUT2D eigenvalue weighted by atomic mass is 10.0. The molecule has 0 aromatic heterocycles. The normalized spacial score (nSPS) is 10.0. The maximum absolute atomic E-state index is 12.0. The fourth-order valence-corrected chi connectivity index (χ4v) is 1.34. The summed E-state index contributed by atoms with van der Waals surface area (Å²) in [5.41, 5.74) is 0.761. The van der Waals surface area contributed by atoms with Crippen molar-refractivity contribution in [3.05, 3.63) is 28.8 Å². The first-order valence-corrected chi connectivity index (χ1v) is 4.46. The van der Waals surface area contributed by atoms with Crippen molar-refractivity contribution in [2.75, 3.05) is 0 Å². The second-order valence-corrected chi connectivity index (χ2v) is 3.21. The van der Waals surface area contributed by atoms with E-state index >= 15 is 0 Å². The van der Waals surface area contributed by atoms with Crippen LogP contribution in [0.15, 0.2) is 12.1 Å². The van der Waals surface area contributed by atoms with Gasteiger partial charge in [0.25, 0.3) is 0 Å². The van der Waals surface area contributed by atoms with Gasteiger partial charge in [0.05, 0.1) is 5.56 Å². The Hall–Kier alpha value is -1.96. The molecule has 0 amide bonds. The summed E-state index contributed by atoms with van der Waals surface area (Å²) >= 11 is 0. The van der Waals surface area contributed by atoms with Gasteiger partial charge < -0.3 is 4.74 Å². The fourth-order valence-electron chi connectivity index (χ4n) is 1.34. The van der Waals surface area contributed by atoms with Gasteiger partial charge in [0.2, 0.25) is 0 Å². The monoisotopic (exact) mass is 225 g/mol. The Morgan fingerprint density at radius 3 is 2.56 bits per heavy atom. The number of benzene rings is 1. The summed E-state index contributed by atoms with van der Waals surface area (Å²) in [6.45, 7) is -0.0532. The Balaban J connectivity index is 3.28. The summed E-state index contributed by atoms with van der Waals surface area (Å²) < 4.78 is 28.2. The summed E-state index contributed by atoms with van der Waals surface area (Å²) in [6.07, 6.45) is 0. The van der Waals surface area contributed by atoms with Crippen LogP contribution in [0.3, 0.4) is 0 Å². The van der Waals surface area contributed by atoms with E-state index in [0.717, 1.165) is 0 Å². The zero-order valence-corrected chi connectivity index (χ0v) is 8.75. The Morgan fingerprint density at radius 1 is 1.50 bits per heavy atom. The first-order chi connectivity index (χ1) is 7.45. The molecule has 0 saturated carbocycles.